The van der Waals surface area contributed by atoms with Crippen LogP contribution >= 0.6 is 11.3 Å². The molecule has 2 rings (SSSR count). The molecule has 0 unspecified atom stereocenters. The van der Waals surface area contributed by atoms with Gasteiger partial charge in [-0.2, -0.15) is 0 Å². The molecule has 0 aromatic carbocycles. The molecular formula is C11H15NO4S2. The number of carboxylic acid groups (broad SMARTS) is 1. The minimum absolute atomic E-state index is 0.144. The van der Waals surface area contributed by atoms with Crippen LogP contribution in [0.15, 0.2) is 16.3 Å². The third kappa shape index (κ3) is 2.57. The number of aromatic carboxylic acids is 1. The quantitative estimate of drug-likeness (QED) is 0.867. The molecule has 1 heterocycles. The summed E-state index contributed by atoms with van der Waals surface area (Å²) in [6.07, 6.45) is 2.01. The average Bonchev–Trinajstić information content (AvgIpc) is 2.94. The number of rotatable bonds is 5. The average molecular weight is 289 g/mol. The first-order chi connectivity index (χ1) is 8.24. The first-order valence-corrected chi connectivity index (χ1v) is 7.95. The Kier molecular flexibility index (Phi) is 3.25. The molecule has 1 aromatic rings. The van der Waals surface area contributed by atoms with E-state index < -0.39 is 21.5 Å². The molecule has 5 nitrogen and oxygen atoms in total. The molecule has 0 spiro atoms. The van der Waals surface area contributed by atoms with E-state index in [4.69, 9.17) is 5.11 Å². The predicted octanol–water partition coefficient (Wildman–Crippen LogP) is 1.91. The highest BCUT2D eigenvalue weighted by Crippen LogP contribution is 2.40. The van der Waals surface area contributed by atoms with Crippen molar-refractivity contribution in [1.82, 2.24) is 4.72 Å². The van der Waals surface area contributed by atoms with Crippen molar-refractivity contribution < 1.29 is 18.3 Å². The Hall–Kier alpha value is -0.920. The van der Waals surface area contributed by atoms with E-state index in [0.717, 1.165) is 24.2 Å². The summed E-state index contributed by atoms with van der Waals surface area (Å²) >= 11 is 0.916. The second-order valence-corrected chi connectivity index (χ2v) is 7.59. The number of hydrogen-bond donors (Lipinski definition) is 2. The van der Waals surface area contributed by atoms with Gasteiger partial charge < -0.3 is 5.11 Å². The lowest BCUT2D eigenvalue weighted by Gasteiger charge is -2.25. The van der Waals surface area contributed by atoms with Crippen molar-refractivity contribution in [2.75, 3.05) is 0 Å². The molecule has 1 aliphatic rings. The van der Waals surface area contributed by atoms with Crippen LogP contribution in [0.5, 0.6) is 0 Å². The number of sulfonamides is 1. The molecule has 100 valence electrons. The number of thiophene rings is 1. The van der Waals surface area contributed by atoms with Gasteiger partial charge in [0.25, 0.3) is 0 Å². The first kappa shape index (κ1) is 13.5. The fraction of sp³-hybridized carbons (Fsp3) is 0.545. The largest absolute Gasteiger partial charge is 0.477 e. The number of hydrogen-bond acceptors (Lipinski definition) is 4. The lowest BCUT2D eigenvalue weighted by molar-refractivity contribution is 0.0698. The first-order valence-electron chi connectivity index (χ1n) is 5.59. The van der Waals surface area contributed by atoms with E-state index in [1.807, 2.05) is 13.8 Å². The highest BCUT2D eigenvalue weighted by atomic mass is 32.2. The summed E-state index contributed by atoms with van der Waals surface area (Å²) in [6.45, 7) is 3.66. The molecule has 7 heteroatoms. The molecule has 1 aromatic heterocycles. The molecule has 1 fully saturated rings. The normalized spacial score (nSPS) is 16.8. The molecule has 0 amide bonds. The Labute approximate surface area is 110 Å². The molecular weight excluding hydrogens is 274 g/mol. The van der Waals surface area contributed by atoms with Crippen molar-refractivity contribution >= 4 is 27.3 Å². The Balaban J connectivity index is 2.30. The van der Waals surface area contributed by atoms with Crippen LogP contribution < -0.4 is 4.72 Å². The monoisotopic (exact) mass is 289 g/mol. The second kappa shape index (κ2) is 4.32. The molecule has 0 radical (unpaired) electrons. The smallest absolute Gasteiger partial charge is 0.347 e. The van der Waals surface area contributed by atoms with Gasteiger partial charge in [0, 0.05) is 5.54 Å². The Morgan fingerprint density at radius 2 is 2.11 bits per heavy atom. The maximum absolute atomic E-state index is 12.2. The van der Waals surface area contributed by atoms with Crippen molar-refractivity contribution in [3.05, 3.63) is 16.3 Å². The third-order valence-electron chi connectivity index (χ3n) is 3.11. The van der Waals surface area contributed by atoms with E-state index >= 15 is 0 Å². The van der Waals surface area contributed by atoms with Crippen molar-refractivity contribution in [3.8, 4) is 0 Å². The van der Waals surface area contributed by atoms with Gasteiger partial charge in [-0.05, 0) is 44.1 Å². The van der Waals surface area contributed by atoms with Gasteiger partial charge >= 0.3 is 5.97 Å². The Morgan fingerprint density at radius 1 is 1.50 bits per heavy atom. The van der Waals surface area contributed by atoms with Gasteiger partial charge in [-0.25, -0.2) is 17.9 Å². The molecule has 0 saturated heterocycles. The lowest BCUT2D eigenvalue weighted by atomic mass is 10.0. The molecule has 0 aliphatic heterocycles. The van der Waals surface area contributed by atoms with Crippen molar-refractivity contribution in [2.45, 2.75) is 37.1 Å². The van der Waals surface area contributed by atoms with Crippen LogP contribution in [-0.2, 0) is 10.0 Å². The fourth-order valence-electron chi connectivity index (χ4n) is 1.95. The predicted molar refractivity (Wildman–Crippen MR) is 68.4 cm³/mol. The summed E-state index contributed by atoms with van der Waals surface area (Å²) in [4.78, 5) is 10.7. The van der Waals surface area contributed by atoms with E-state index in [1.165, 1.54) is 11.4 Å². The van der Waals surface area contributed by atoms with Crippen molar-refractivity contribution in [1.29, 1.82) is 0 Å². The molecule has 0 bridgehead atoms. The number of carboxylic acids is 1. The summed E-state index contributed by atoms with van der Waals surface area (Å²) in [5.41, 5.74) is -0.531. The Bertz CT molecular complexity index is 570. The molecule has 1 aliphatic carbocycles. The zero-order valence-corrected chi connectivity index (χ0v) is 11.8. The van der Waals surface area contributed by atoms with E-state index in [-0.39, 0.29) is 9.77 Å². The van der Waals surface area contributed by atoms with Gasteiger partial charge in [0.05, 0.1) is 0 Å². The van der Waals surface area contributed by atoms with E-state index in [1.54, 1.807) is 0 Å². The van der Waals surface area contributed by atoms with Crippen LogP contribution in [0.25, 0.3) is 0 Å². The summed E-state index contributed by atoms with van der Waals surface area (Å²) in [5.74, 6) is -0.881. The van der Waals surface area contributed by atoms with Gasteiger partial charge in [-0.1, -0.05) is 0 Å². The highest BCUT2D eigenvalue weighted by Gasteiger charge is 2.41. The van der Waals surface area contributed by atoms with Crippen LogP contribution in [0.4, 0.5) is 0 Å². The van der Waals surface area contributed by atoms with Gasteiger partial charge in [-0.15, -0.1) is 11.3 Å². The topological polar surface area (TPSA) is 83.5 Å². The van der Waals surface area contributed by atoms with Crippen molar-refractivity contribution in [2.24, 2.45) is 5.92 Å². The maximum Gasteiger partial charge on any atom is 0.347 e. The summed E-state index contributed by atoms with van der Waals surface area (Å²) in [6, 6.07) is 1.33. The van der Waals surface area contributed by atoms with E-state index in [0.29, 0.717) is 5.92 Å². The van der Waals surface area contributed by atoms with Gasteiger partial charge in [0.1, 0.15) is 9.77 Å². The SMILES string of the molecule is CC(C)(NS(=O)(=O)c1ccsc1C(=O)O)C1CC1. The van der Waals surface area contributed by atoms with Gasteiger partial charge in [0.15, 0.2) is 0 Å². The molecule has 1 saturated carbocycles. The Morgan fingerprint density at radius 3 is 2.61 bits per heavy atom. The number of carbonyl (C=O) groups is 1. The van der Waals surface area contributed by atoms with Crippen LogP contribution in [-0.4, -0.2) is 25.0 Å². The third-order valence-corrected chi connectivity index (χ3v) is 5.85. The lowest BCUT2D eigenvalue weighted by Crippen LogP contribution is -2.45. The molecule has 18 heavy (non-hydrogen) atoms. The summed E-state index contributed by atoms with van der Waals surface area (Å²) < 4.78 is 27.0. The number of nitrogens with one attached hydrogen (secondary N) is 1. The zero-order valence-electron chi connectivity index (χ0n) is 10.1. The summed E-state index contributed by atoms with van der Waals surface area (Å²) in [5, 5.41) is 10.4. The van der Waals surface area contributed by atoms with E-state index in [9.17, 15) is 13.2 Å². The maximum atomic E-state index is 12.2. The van der Waals surface area contributed by atoms with Crippen molar-refractivity contribution in [3.63, 3.8) is 0 Å². The van der Waals surface area contributed by atoms with Gasteiger partial charge in [-0.3, -0.25) is 0 Å². The minimum atomic E-state index is -3.78. The standard InChI is InChI=1S/C11H15NO4S2/c1-11(2,7-3-4-7)12-18(15,16)8-5-6-17-9(8)10(13)14/h5-7,12H,3-4H2,1-2H3,(H,13,14). The highest BCUT2D eigenvalue weighted by molar-refractivity contribution is 7.89. The van der Waals surface area contributed by atoms with Gasteiger partial charge in [0.2, 0.25) is 10.0 Å². The minimum Gasteiger partial charge on any atom is -0.477 e. The van der Waals surface area contributed by atoms with Crippen LogP contribution in [0.3, 0.4) is 0 Å². The molecule has 2 N–H and O–H groups in total. The van der Waals surface area contributed by atoms with E-state index in [2.05, 4.69) is 4.72 Å². The van der Waals surface area contributed by atoms with Crippen LogP contribution in [0, 0.1) is 5.92 Å². The summed E-state index contributed by atoms with van der Waals surface area (Å²) in [7, 11) is -3.78. The fourth-order valence-corrected chi connectivity index (χ4v) is 4.69. The molecule has 0 atom stereocenters. The zero-order chi connectivity index (χ0) is 13.6. The van der Waals surface area contributed by atoms with Crippen LogP contribution in [0.2, 0.25) is 0 Å². The second-order valence-electron chi connectivity index (χ2n) is 5.02. The van der Waals surface area contributed by atoms with Crippen LogP contribution in [0.1, 0.15) is 36.4 Å².